The van der Waals surface area contributed by atoms with Crippen LogP contribution < -0.4 is 0 Å². The first-order valence-electron chi connectivity index (χ1n) is 6.52. The first-order chi connectivity index (χ1) is 9.89. The van der Waals surface area contributed by atoms with Gasteiger partial charge in [0.1, 0.15) is 6.04 Å². The zero-order valence-corrected chi connectivity index (χ0v) is 11.6. The maximum atomic E-state index is 12.7. The van der Waals surface area contributed by atoms with Crippen molar-refractivity contribution in [2.75, 3.05) is 26.3 Å². The number of ether oxygens (including phenoxy) is 1. The first kappa shape index (κ1) is 17.5. The number of aliphatic hydroxyl groups excluding tert-OH is 1. The molecule has 0 aliphatic rings. The minimum absolute atomic E-state index is 0.0706. The van der Waals surface area contributed by atoms with Gasteiger partial charge < -0.3 is 9.84 Å². The molecular formula is C14H18F3NO3. The highest BCUT2D eigenvalue weighted by atomic mass is 19.4. The van der Waals surface area contributed by atoms with Gasteiger partial charge >= 0.3 is 12.1 Å². The van der Waals surface area contributed by atoms with Crippen LogP contribution in [-0.4, -0.2) is 48.5 Å². The van der Waals surface area contributed by atoms with Gasteiger partial charge in [-0.25, -0.2) is 4.79 Å². The lowest BCUT2D eigenvalue weighted by Gasteiger charge is -2.30. The Balaban J connectivity index is 3.09. The Morgan fingerprint density at radius 3 is 2.43 bits per heavy atom. The van der Waals surface area contributed by atoms with Gasteiger partial charge in [0.15, 0.2) is 0 Å². The summed E-state index contributed by atoms with van der Waals surface area (Å²) in [5.74, 6) is -0.763. The van der Waals surface area contributed by atoms with E-state index in [0.29, 0.717) is 5.56 Å². The van der Waals surface area contributed by atoms with Crippen LogP contribution >= 0.6 is 0 Å². The number of hydrogen-bond acceptors (Lipinski definition) is 4. The molecule has 0 saturated carbocycles. The van der Waals surface area contributed by atoms with Crippen LogP contribution in [0.1, 0.15) is 18.5 Å². The van der Waals surface area contributed by atoms with Crippen molar-refractivity contribution in [2.45, 2.75) is 19.1 Å². The summed E-state index contributed by atoms with van der Waals surface area (Å²) in [7, 11) is 0. The topological polar surface area (TPSA) is 49.8 Å². The summed E-state index contributed by atoms with van der Waals surface area (Å²) in [6.45, 7) is -0.413. The van der Waals surface area contributed by atoms with E-state index in [1.807, 2.05) is 0 Å². The van der Waals surface area contributed by atoms with E-state index in [1.54, 1.807) is 37.3 Å². The van der Waals surface area contributed by atoms with Crippen molar-refractivity contribution in [3.63, 3.8) is 0 Å². The predicted molar refractivity (Wildman–Crippen MR) is 70.5 cm³/mol. The van der Waals surface area contributed by atoms with Crippen LogP contribution in [0, 0.1) is 0 Å². The van der Waals surface area contributed by atoms with Crippen LogP contribution in [0.15, 0.2) is 30.3 Å². The van der Waals surface area contributed by atoms with Crippen LogP contribution in [0.4, 0.5) is 13.2 Å². The van der Waals surface area contributed by atoms with E-state index >= 15 is 0 Å². The van der Waals surface area contributed by atoms with E-state index in [9.17, 15) is 18.0 Å². The van der Waals surface area contributed by atoms with Crippen LogP contribution in [-0.2, 0) is 9.53 Å². The lowest BCUT2D eigenvalue weighted by Crippen LogP contribution is -2.42. The van der Waals surface area contributed by atoms with Gasteiger partial charge in [-0.1, -0.05) is 30.3 Å². The molecule has 118 valence electrons. The number of hydrogen-bond donors (Lipinski definition) is 1. The lowest BCUT2D eigenvalue weighted by molar-refractivity contribution is -0.166. The van der Waals surface area contributed by atoms with Gasteiger partial charge in [0.25, 0.3) is 0 Å². The highest BCUT2D eigenvalue weighted by molar-refractivity contribution is 5.77. The maximum absolute atomic E-state index is 12.7. The molecule has 1 aromatic rings. The molecule has 0 bridgehead atoms. The van der Waals surface area contributed by atoms with Crippen molar-refractivity contribution < 1.29 is 27.8 Å². The molecule has 21 heavy (non-hydrogen) atoms. The third kappa shape index (κ3) is 5.73. The predicted octanol–water partition coefficient (Wildman–Crippen LogP) is 2.15. The van der Waals surface area contributed by atoms with Crippen molar-refractivity contribution >= 4 is 5.97 Å². The number of carbonyl (C=O) groups excluding carboxylic acids is 1. The summed E-state index contributed by atoms with van der Waals surface area (Å²) < 4.78 is 42.9. The van der Waals surface area contributed by atoms with Crippen molar-refractivity contribution in [2.24, 2.45) is 0 Å². The van der Waals surface area contributed by atoms with Crippen molar-refractivity contribution in [1.82, 2.24) is 4.90 Å². The van der Waals surface area contributed by atoms with Crippen molar-refractivity contribution in [3.05, 3.63) is 35.9 Å². The van der Waals surface area contributed by atoms with Crippen LogP contribution in [0.25, 0.3) is 0 Å². The van der Waals surface area contributed by atoms with Gasteiger partial charge in [-0.3, -0.25) is 4.90 Å². The van der Waals surface area contributed by atoms with Gasteiger partial charge in [0.2, 0.25) is 0 Å². The quantitative estimate of drug-likeness (QED) is 0.784. The maximum Gasteiger partial charge on any atom is 0.401 e. The average molecular weight is 305 g/mol. The third-order valence-corrected chi connectivity index (χ3v) is 2.76. The second kappa shape index (κ2) is 7.99. The molecule has 0 heterocycles. The third-order valence-electron chi connectivity index (χ3n) is 2.76. The molecule has 0 radical (unpaired) electrons. The molecular weight excluding hydrogens is 287 g/mol. The molecule has 7 heteroatoms. The Kier molecular flexibility index (Phi) is 6.64. The number of halogens is 3. The molecule has 1 N–H and O–H groups in total. The highest BCUT2D eigenvalue weighted by Crippen LogP contribution is 2.26. The summed E-state index contributed by atoms with van der Waals surface area (Å²) in [6.07, 6.45) is -4.48. The molecule has 0 aliphatic heterocycles. The number of rotatable bonds is 7. The van der Waals surface area contributed by atoms with E-state index in [2.05, 4.69) is 0 Å². The monoisotopic (exact) mass is 305 g/mol. The zero-order chi connectivity index (χ0) is 15.9. The molecule has 0 aromatic heterocycles. The fourth-order valence-corrected chi connectivity index (χ4v) is 2.01. The standard InChI is InChI=1S/C14H18F3NO3/c1-2-21-13(20)12(11-6-4-3-5-7-11)18(8-9-19)10-14(15,16)17/h3-7,12,19H,2,8-10H2,1H3. The van der Waals surface area contributed by atoms with Gasteiger partial charge in [0, 0.05) is 6.54 Å². The zero-order valence-electron chi connectivity index (χ0n) is 11.6. The Morgan fingerprint density at radius 2 is 1.95 bits per heavy atom. The molecule has 1 aromatic carbocycles. The molecule has 1 unspecified atom stereocenters. The summed E-state index contributed by atoms with van der Waals surface area (Å²) in [4.78, 5) is 12.9. The summed E-state index contributed by atoms with van der Waals surface area (Å²) in [5.41, 5.74) is 0.397. The van der Waals surface area contributed by atoms with Gasteiger partial charge in [-0.2, -0.15) is 13.2 Å². The Bertz CT molecular complexity index is 437. The van der Waals surface area contributed by atoms with E-state index < -0.39 is 31.3 Å². The van der Waals surface area contributed by atoms with E-state index in [4.69, 9.17) is 9.84 Å². The fourth-order valence-electron chi connectivity index (χ4n) is 2.01. The van der Waals surface area contributed by atoms with E-state index in [1.165, 1.54) is 0 Å². The minimum Gasteiger partial charge on any atom is -0.465 e. The summed E-state index contributed by atoms with van der Waals surface area (Å²) >= 11 is 0. The molecule has 0 amide bonds. The number of benzene rings is 1. The van der Waals surface area contributed by atoms with Crippen LogP contribution in [0.5, 0.6) is 0 Å². The number of nitrogens with zero attached hydrogens (tertiary/aromatic N) is 1. The van der Waals surface area contributed by atoms with Gasteiger partial charge in [-0.15, -0.1) is 0 Å². The SMILES string of the molecule is CCOC(=O)C(c1ccccc1)N(CCO)CC(F)(F)F. The highest BCUT2D eigenvalue weighted by Gasteiger charge is 2.37. The largest absolute Gasteiger partial charge is 0.465 e. The van der Waals surface area contributed by atoms with E-state index in [-0.39, 0.29) is 13.2 Å². The van der Waals surface area contributed by atoms with Crippen LogP contribution in [0.2, 0.25) is 0 Å². The smallest absolute Gasteiger partial charge is 0.401 e. The second-order valence-electron chi connectivity index (χ2n) is 4.37. The first-order valence-corrected chi connectivity index (χ1v) is 6.52. The van der Waals surface area contributed by atoms with Crippen LogP contribution in [0.3, 0.4) is 0 Å². The van der Waals surface area contributed by atoms with Gasteiger partial charge in [-0.05, 0) is 12.5 Å². The van der Waals surface area contributed by atoms with Crippen molar-refractivity contribution in [3.8, 4) is 0 Å². The second-order valence-corrected chi connectivity index (χ2v) is 4.37. The number of carbonyl (C=O) groups is 1. The average Bonchev–Trinajstić information content (AvgIpc) is 2.39. The Morgan fingerprint density at radius 1 is 1.33 bits per heavy atom. The lowest BCUT2D eigenvalue weighted by atomic mass is 10.1. The molecule has 4 nitrogen and oxygen atoms in total. The number of aliphatic hydroxyl groups is 1. The number of esters is 1. The number of alkyl halides is 3. The molecule has 1 atom stereocenters. The van der Waals surface area contributed by atoms with Gasteiger partial charge in [0.05, 0.1) is 19.8 Å². The Labute approximate surface area is 121 Å². The summed E-state index contributed by atoms with van der Waals surface area (Å²) in [5, 5.41) is 8.98. The molecule has 1 rings (SSSR count). The van der Waals surface area contributed by atoms with E-state index in [0.717, 1.165) is 4.90 Å². The molecule has 0 fully saturated rings. The fraction of sp³-hybridized carbons (Fsp3) is 0.500. The Hall–Kier alpha value is -1.60. The summed E-state index contributed by atoms with van der Waals surface area (Å²) in [6, 6.07) is 6.88. The molecule has 0 aliphatic carbocycles. The molecule has 0 saturated heterocycles. The molecule has 0 spiro atoms. The minimum atomic E-state index is -4.48. The normalized spacial score (nSPS) is 13.2. The van der Waals surface area contributed by atoms with Crippen molar-refractivity contribution in [1.29, 1.82) is 0 Å².